The van der Waals surface area contributed by atoms with E-state index in [4.69, 9.17) is 11.5 Å². The highest BCUT2D eigenvalue weighted by Gasteiger charge is 2.68. The molecule has 16 heavy (non-hydrogen) atoms. The molecule has 1 saturated carbocycles. The lowest BCUT2D eigenvalue weighted by Crippen LogP contribution is -2.70. The second kappa shape index (κ2) is 4.66. The van der Waals surface area contributed by atoms with Crippen LogP contribution in [0.1, 0.15) is 59.8 Å². The van der Waals surface area contributed by atoms with Crippen molar-refractivity contribution >= 4 is 0 Å². The van der Waals surface area contributed by atoms with Gasteiger partial charge in [0.2, 0.25) is 0 Å². The van der Waals surface area contributed by atoms with Gasteiger partial charge >= 0.3 is 0 Å². The van der Waals surface area contributed by atoms with Gasteiger partial charge in [-0.1, -0.05) is 27.7 Å². The first kappa shape index (κ1) is 14.0. The predicted molar refractivity (Wildman–Crippen MR) is 71.2 cm³/mol. The van der Waals surface area contributed by atoms with E-state index in [-0.39, 0.29) is 5.41 Å². The fourth-order valence-electron chi connectivity index (χ4n) is 4.82. The molecule has 0 heterocycles. The van der Waals surface area contributed by atoms with Crippen LogP contribution in [0, 0.1) is 16.2 Å². The number of rotatable bonds is 6. The van der Waals surface area contributed by atoms with Gasteiger partial charge in [0.05, 0.1) is 0 Å². The van der Waals surface area contributed by atoms with Gasteiger partial charge in [-0.15, -0.1) is 0 Å². The Kier molecular flexibility index (Phi) is 4.07. The first-order valence-electron chi connectivity index (χ1n) is 6.97. The quantitative estimate of drug-likeness (QED) is 0.731. The van der Waals surface area contributed by atoms with Crippen LogP contribution in [-0.2, 0) is 0 Å². The molecule has 0 aromatic heterocycles. The van der Waals surface area contributed by atoms with Gasteiger partial charge in [0.15, 0.2) is 0 Å². The molecule has 0 spiro atoms. The highest BCUT2D eigenvalue weighted by Crippen LogP contribution is 2.72. The largest absolute Gasteiger partial charge is 0.330 e. The van der Waals surface area contributed by atoms with Crippen molar-refractivity contribution < 1.29 is 0 Å². The molecule has 1 rings (SSSR count). The Labute approximate surface area is 101 Å². The van der Waals surface area contributed by atoms with Crippen LogP contribution < -0.4 is 11.5 Å². The maximum Gasteiger partial charge on any atom is -0.000949 e. The highest BCUT2D eigenvalue weighted by atomic mass is 14.8. The summed E-state index contributed by atoms with van der Waals surface area (Å²) in [6.07, 6.45) is 6.13. The van der Waals surface area contributed by atoms with Gasteiger partial charge in [-0.05, 0) is 61.4 Å². The molecule has 2 atom stereocenters. The average Bonchev–Trinajstić information content (AvgIpc) is 2.32. The van der Waals surface area contributed by atoms with E-state index in [0.29, 0.717) is 10.8 Å². The summed E-state index contributed by atoms with van der Waals surface area (Å²) < 4.78 is 0. The van der Waals surface area contributed by atoms with E-state index in [1.54, 1.807) is 0 Å². The van der Waals surface area contributed by atoms with Crippen LogP contribution in [0.25, 0.3) is 0 Å². The zero-order valence-electron chi connectivity index (χ0n) is 11.6. The summed E-state index contributed by atoms with van der Waals surface area (Å²) in [6.45, 7) is 10.8. The van der Waals surface area contributed by atoms with Gasteiger partial charge in [0.1, 0.15) is 0 Å². The summed E-state index contributed by atoms with van der Waals surface area (Å²) in [7, 11) is 0. The van der Waals surface area contributed by atoms with Crippen molar-refractivity contribution in [3.63, 3.8) is 0 Å². The molecule has 1 aliphatic carbocycles. The molecule has 0 aromatic rings. The molecular weight excluding hydrogens is 196 g/mol. The van der Waals surface area contributed by atoms with Crippen LogP contribution in [0.3, 0.4) is 0 Å². The molecular formula is C14H30N2. The molecule has 2 heteroatoms. The van der Waals surface area contributed by atoms with Crippen LogP contribution in [0.4, 0.5) is 0 Å². The Bertz CT molecular complexity index is 203. The molecule has 0 amide bonds. The zero-order chi connectivity index (χ0) is 12.4. The molecule has 2 unspecified atom stereocenters. The van der Waals surface area contributed by atoms with E-state index < -0.39 is 0 Å². The van der Waals surface area contributed by atoms with Gasteiger partial charge in [-0.25, -0.2) is 0 Å². The van der Waals surface area contributed by atoms with E-state index >= 15 is 0 Å². The Morgan fingerprint density at radius 3 is 1.50 bits per heavy atom. The maximum absolute atomic E-state index is 6.18. The molecule has 0 radical (unpaired) electrons. The third-order valence-corrected chi connectivity index (χ3v) is 6.08. The minimum Gasteiger partial charge on any atom is -0.330 e. The van der Waals surface area contributed by atoms with Crippen molar-refractivity contribution in [2.45, 2.75) is 59.8 Å². The standard InChI is InChI=1S/C14H30N2/c1-5-12(6-2)9-13(7-3,10-15)14(12,8-4)11-16/h5-11,15-16H2,1-4H3. The minimum absolute atomic E-state index is 0.285. The van der Waals surface area contributed by atoms with Crippen molar-refractivity contribution in [3.05, 3.63) is 0 Å². The van der Waals surface area contributed by atoms with Crippen molar-refractivity contribution in [1.29, 1.82) is 0 Å². The maximum atomic E-state index is 6.18. The topological polar surface area (TPSA) is 52.0 Å². The van der Waals surface area contributed by atoms with E-state index in [1.807, 2.05) is 0 Å². The Morgan fingerprint density at radius 1 is 0.750 bits per heavy atom. The monoisotopic (exact) mass is 226 g/mol. The molecule has 96 valence electrons. The van der Waals surface area contributed by atoms with Crippen molar-refractivity contribution in [3.8, 4) is 0 Å². The number of nitrogens with two attached hydrogens (primary N) is 2. The molecule has 4 N–H and O–H groups in total. The third-order valence-electron chi connectivity index (χ3n) is 6.08. The number of hydrogen-bond acceptors (Lipinski definition) is 2. The van der Waals surface area contributed by atoms with Crippen molar-refractivity contribution in [1.82, 2.24) is 0 Å². The van der Waals surface area contributed by atoms with Crippen molar-refractivity contribution in [2.75, 3.05) is 13.1 Å². The molecule has 1 fully saturated rings. The second-order valence-corrected chi connectivity index (χ2v) is 5.64. The molecule has 1 aliphatic rings. The van der Waals surface area contributed by atoms with Gasteiger partial charge in [0, 0.05) is 0 Å². The Morgan fingerprint density at radius 2 is 1.25 bits per heavy atom. The fraction of sp³-hybridized carbons (Fsp3) is 1.00. The SMILES string of the molecule is CCC1(CC)CC(CC)(CN)C1(CC)CN. The molecule has 0 aliphatic heterocycles. The van der Waals surface area contributed by atoms with Crippen molar-refractivity contribution in [2.24, 2.45) is 27.7 Å². The third kappa shape index (κ3) is 1.32. The molecule has 0 bridgehead atoms. The van der Waals surface area contributed by atoms with Crippen LogP contribution in [0.2, 0.25) is 0 Å². The molecule has 2 nitrogen and oxygen atoms in total. The van der Waals surface area contributed by atoms with Crippen LogP contribution >= 0.6 is 0 Å². The summed E-state index contributed by atoms with van der Waals surface area (Å²) in [5, 5.41) is 0. The first-order chi connectivity index (χ1) is 7.57. The molecule has 0 aromatic carbocycles. The average molecular weight is 226 g/mol. The zero-order valence-corrected chi connectivity index (χ0v) is 11.6. The lowest BCUT2D eigenvalue weighted by molar-refractivity contribution is -0.218. The smallest absolute Gasteiger partial charge is 0.000949 e. The van der Waals surface area contributed by atoms with Gasteiger partial charge in [-0.2, -0.15) is 0 Å². The Hall–Kier alpha value is -0.0800. The molecule has 0 saturated heterocycles. The predicted octanol–water partition coefficient (Wildman–Crippen LogP) is 2.91. The van der Waals surface area contributed by atoms with E-state index in [1.165, 1.54) is 32.1 Å². The summed E-state index contributed by atoms with van der Waals surface area (Å²) in [5.74, 6) is 0. The summed E-state index contributed by atoms with van der Waals surface area (Å²) in [5.41, 5.74) is 13.3. The normalized spacial score (nSPS) is 37.1. The first-order valence-corrected chi connectivity index (χ1v) is 6.97. The lowest BCUT2D eigenvalue weighted by atomic mass is 9.33. The highest BCUT2D eigenvalue weighted by molar-refractivity contribution is 5.18. The summed E-state index contributed by atoms with van der Waals surface area (Å²) in [4.78, 5) is 0. The number of hydrogen-bond donors (Lipinski definition) is 2. The summed E-state index contributed by atoms with van der Waals surface area (Å²) >= 11 is 0. The van der Waals surface area contributed by atoms with Crippen LogP contribution in [0.5, 0.6) is 0 Å². The summed E-state index contributed by atoms with van der Waals surface area (Å²) in [6, 6.07) is 0. The fourth-order valence-corrected chi connectivity index (χ4v) is 4.82. The van der Waals surface area contributed by atoms with E-state index in [0.717, 1.165) is 13.1 Å². The van der Waals surface area contributed by atoms with Crippen LogP contribution in [-0.4, -0.2) is 13.1 Å². The van der Waals surface area contributed by atoms with Crippen LogP contribution in [0.15, 0.2) is 0 Å². The van der Waals surface area contributed by atoms with E-state index in [9.17, 15) is 0 Å². The van der Waals surface area contributed by atoms with E-state index in [2.05, 4.69) is 27.7 Å². The second-order valence-electron chi connectivity index (χ2n) is 5.64. The lowest BCUT2D eigenvalue weighted by Gasteiger charge is -2.72. The van der Waals surface area contributed by atoms with Gasteiger partial charge < -0.3 is 11.5 Å². The minimum atomic E-state index is 0.285. The van der Waals surface area contributed by atoms with Gasteiger partial charge in [0.25, 0.3) is 0 Å². The van der Waals surface area contributed by atoms with Gasteiger partial charge in [-0.3, -0.25) is 0 Å². The Balaban J connectivity index is 3.15.